The van der Waals surface area contributed by atoms with Crippen LogP contribution in [0.2, 0.25) is 0 Å². The lowest BCUT2D eigenvalue weighted by Gasteiger charge is -2.26. The second-order valence-corrected chi connectivity index (χ2v) is 10.0. The zero-order chi connectivity index (χ0) is 22.1. The van der Waals surface area contributed by atoms with Gasteiger partial charge in [-0.25, -0.2) is 8.42 Å². The minimum absolute atomic E-state index is 0.0172. The van der Waals surface area contributed by atoms with Gasteiger partial charge in [0.1, 0.15) is 6.04 Å². The lowest BCUT2D eigenvalue weighted by Crippen LogP contribution is -2.45. The minimum atomic E-state index is -3.90. The van der Waals surface area contributed by atoms with E-state index in [1.54, 1.807) is 32.3 Å². The van der Waals surface area contributed by atoms with E-state index in [1.807, 2.05) is 13.0 Å². The molecule has 1 atom stereocenters. The Balaban J connectivity index is 1.87. The number of likely N-dealkylation sites (N-methyl/N-ethyl adjacent to an activating group) is 1. The number of aryl methyl sites for hydroxylation is 1. The molecule has 1 aliphatic rings. The van der Waals surface area contributed by atoms with Gasteiger partial charge in [-0.1, -0.05) is 12.1 Å². The molecule has 0 aliphatic carbocycles. The molecule has 160 valence electrons. The Labute approximate surface area is 185 Å². The fourth-order valence-corrected chi connectivity index (χ4v) is 5.04. The lowest BCUT2D eigenvalue weighted by atomic mass is 10.1. The van der Waals surface area contributed by atoms with Crippen molar-refractivity contribution in [2.45, 2.75) is 30.7 Å². The van der Waals surface area contributed by atoms with Crippen molar-refractivity contribution >= 4 is 43.5 Å². The molecule has 1 aliphatic heterocycles. The summed E-state index contributed by atoms with van der Waals surface area (Å²) in [7, 11) is -0.585. The van der Waals surface area contributed by atoms with Gasteiger partial charge in [0.15, 0.2) is 0 Å². The van der Waals surface area contributed by atoms with Gasteiger partial charge in [0.05, 0.1) is 10.6 Å². The number of likely N-dealkylation sites (tertiary alicyclic amines) is 1. The summed E-state index contributed by atoms with van der Waals surface area (Å²) in [5.74, 6) is -0.475. The summed E-state index contributed by atoms with van der Waals surface area (Å²) in [6, 6.07) is 10.7. The SMILES string of the molecule is Cc1ccc(Br)c(NS(=O)(=O)c2cccc(C(=O)N3CCCC3C(=O)N(C)C)c2)c1. The van der Waals surface area contributed by atoms with Crippen LogP contribution in [0.1, 0.15) is 28.8 Å². The monoisotopic (exact) mass is 493 g/mol. The fourth-order valence-electron chi connectivity index (χ4n) is 3.45. The maximum atomic E-state index is 13.1. The number of nitrogens with zero attached hydrogens (tertiary/aromatic N) is 2. The first kappa shape index (κ1) is 22.3. The predicted octanol–water partition coefficient (Wildman–Crippen LogP) is 3.25. The number of nitrogens with one attached hydrogen (secondary N) is 1. The van der Waals surface area contributed by atoms with Crippen LogP contribution >= 0.6 is 15.9 Å². The smallest absolute Gasteiger partial charge is 0.261 e. The summed E-state index contributed by atoms with van der Waals surface area (Å²) in [4.78, 5) is 28.4. The topological polar surface area (TPSA) is 86.8 Å². The standard InChI is InChI=1S/C21H24BrN3O4S/c1-14-9-10-17(22)18(12-14)23-30(28,29)16-7-4-6-15(13-16)20(26)25-11-5-8-19(25)21(27)24(2)3/h4,6-7,9-10,12-13,19,23H,5,8,11H2,1-3H3. The van der Waals surface area contributed by atoms with Crippen molar-refractivity contribution in [1.82, 2.24) is 9.80 Å². The molecule has 3 rings (SSSR count). The minimum Gasteiger partial charge on any atom is -0.347 e. The number of halogens is 1. The Morgan fingerprint density at radius 2 is 1.90 bits per heavy atom. The molecule has 0 saturated carbocycles. The summed E-state index contributed by atoms with van der Waals surface area (Å²) in [5.41, 5.74) is 1.56. The molecule has 0 aromatic heterocycles. The Morgan fingerprint density at radius 3 is 2.60 bits per heavy atom. The molecule has 1 fully saturated rings. The molecule has 1 saturated heterocycles. The molecule has 1 N–H and O–H groups in total. The predicted molar refractivity (Wildman–Crippen MR) is 119 cm³/mol. The first-order chi connectivity index (χ1) is 14.1. The van der Waals surface area contributed by atoms with Crippen molar-refractivity contribution < 1.29 is 18.0 Å². The molecule has 9 heteroatoms. The highest BCUT2D eigenvalue weighted by Crippen LogP contribution is 2.27. The van der Waals surface area contributed by atoms with Crippen molar-refractivity contribution in [3.8, 4) is 0 Å². The summed E-state index contributed by atoms with van der Waals surface area (Å²) >= 11 is 3.35. The van der Waals surface area contributed by atoms with Gasteiger partial charge in [-0.2, -0.15) is 0 Å². The Morgan fingerprint density at radius 1 is 1.17 bits per heavy atom. The highest BCUT2D eigenvalue weighted by molar-refractivity contribution is 9.10. The van der Waals surface area contributed by atoms with Crippen LogP contribution < -0.4 is 4.72 Å². The summed E-state index contributed by atoms with van der Waals surface area (Å²) < 4.78 is 29.0. The first-order valence-electron chi connectivity index (χ1n) is 9.51. The average molecular weight is 494 g/mol. The second-order valence-electron chi connectivity index (χ2n) is 7.51. The molecule has 0 spiro atoms. The molecule has 2 amide bonds. The van der Waals surface area contributed by atoms with Crippen LogP contribution in [0.4, 0.5) is 5.69 Å². The van der Waals surface area contributed by atoms with Gasteiger partial charge < -0.3 is 9.80 Å². The summed E-state index contributed by atoms with van der Waals surface area (Å²) in [5, 5.41) is 0. The van der Waals surface area contributed by atoms with E-state index < -0.39 is 16.1 Å². The van der Waals surface area contributed by atoms with Crippen LogP contribution in [-0.2, 0) is 14.8 Å². The number of rotatable bonds is 5. The number of hydrogen-bond acceptors (Lipinski definition) is 4. The van der Waals surface area contributed by atoms with E-state index in [-0.39, 0.29) is 22.3 Å². The van der Waals surface area contributed by atoms with Crippen molar-refractivity contribution in [3.63, 3.8) is 0 Å². The highest BCUT2D eigenvalue weighted by Gasteiger charge is 2.35. The van der Waals surface area contributed by atoms with Gasteiger partial charge in [-0.05, 0) is 71.6 Å². The zero-order valence-corrected chi connectivity index (χ0v) is 19.5. The van der Waals surface area contributed by atoms with Gasteiger partial charge >= 0.3 is 0 Å². The number of benzene rings is 2. The van der Waals surface area contributed by atoms with Crippen molar-refractivity contribution in [2.75, 3.05) is 25.4 Å². The first-order valence-corrected chi connectivity index (χ1v) is 11.8. The second kappa shape index (κ2) is 8.77. The number of carbonyl (C=O) groups excluding carboxylic acids is 2. The van der Waals surface area contributed by atoms with Crippen molar-refractivity contribution in [3.05, 3.63) is 58.1 Å². The van der Waals surface area contributed by atoms with E-state index in [1.165, 1.54) is 28.0 Å². The quantitative estimate of drug-likeness (QED) is 0.692. The van der Waals surface area contributed by atoms with E-state index in [0.29, 0.717) is 23.1 Å². The highest BCUT2D eigenvalue weighted by atomic mass is 79.9. The van der Waals surface area contributed by atoms with E-state index in [0.717, 1.165) is 12.0 Å². The van der Waals surface area contributed by atoms with Crippen LogP contribution in [0.15, 0.2) is 51.8 Å². The maximum absolute atomic E-state index is 13.1. The zero-order valence-electron chi connectivity index (χ0n) is 17.1. The van der Waals surface area contributed by atoms with Gasteiger partial charge in [0, 0.05) is 30.7 Å². The largest absolute Gasteiger partial charge is 0.347 e. The molecule has 2 aromatic carbocycles. The summed E-state index contributed by atoms with van der Waals surface area (Å²) in [6.07, 6.45) is 1.33. The molecule has 0 bridgehead atoms. The summed E-state index contributed by atoms with van der Waals surface area (Å²) in [6.45, 7) is 2.33. The number of hydrogen-bond donors (Lipinski definition) is 1. The number of amides is 2. The van der Waals surface area contributed by atoms with Crippen LogP contribution in [0.25, 0.3) is 0 Å². The third-order valence-corrected chi connectivity index (χ3v) is 7.05. The molecule has 2 aromatic rings. The van der Waals surface area contributed by atoms with Crippen LogP contribution in [0.5, 0.6) is 0 Å². The third-order valence-electron chi connectivity index (χ3n) is 5.00. The van der Waals surface area contributed by atoms with Crippen molar-refractivity contribution in [1.29, 1.82) is 0 Å². The van der Waals surface area contributed by atoms with Crippen LogP contribution in [0.3, 0.4) is 0 Å². The normalized spacial score (nSPS) is 16.4. The number of anilines is 1. The van der Waals surface area contributed by atoms with Gasteiger partial charge in [0.2, 0.25) is 5.91 Å². The molecule has 1 heterocycles. The number of carbonyl (C=O) groups is 2. The van der Waals surface area contributed by atoms with Gasteiger partial charge in [0.25, 0.3) is 15.9 Å². The Kier molecular flexibility index (Phi) is 6.52. The fraction of sp³-hybridized carbons (Fsp3) is 0.333. The van der Waals surface area contributed by atoms with Crippen LogP contribution in [-0.4, -0.2) is 56.7 Å². The molecule has 0 radical (unpaired) electrons. The van der Waals surface area contributed by atoms with E-state index in [2.05, 4.69) is 20.7 Å². The Bertz CT molecular complexity index is 1090. The average Bonchev–Trinajstić information content (AvgIpc) is 3.19. The maximum Gasteiger partial charge on any atom is 0.261 e. The van der Waals surface area contributed by atoms with E-state index >= 15 is 0 Å². The molecular formula is C21H24BrN3O4S. The van der Waals surface area contributed by atoms with Gasteiger partial charge in [-0.15, -0.1) is 0 Å². The van der Waals surface area contributed by atoms with E-state index in [4.69, 9.17) is 0 Å². The number of sulfonamides is 1. The lowest BCUT2D eigenvalue weighted by molar-refractivity contribution is -0.132. The van der Waals surface area contributed by atoms with Crippen LogP contribution in [0, 0.1) is 6.92 Å². The molecule has 1 unspecified atom stereocenters. The molecular weight excluding hydrogens is 470 g/mol. The Hall–Kier alpha value is -2.39. The molecule has 30 heavy (non-hydrogen) atoms. The van der Waals surface area contributed by atoms with Crippen molar-refractivity contribution in [2.24, 2.45) is 0 Å². The van der Waals surface area contributed by atoms with Gasteiger partial charge in [-0.3, -0.25) is 14.3 Å². The third kappa shape index (κ3) is 4.67. The molecule has 7 nitrogen and oxygen atoms in total. The van der Waals surface area contributed by atoms with E-state index in [9.17, 15) is 18.0 Å².